The topological polar surface area (TPSA) is 54.0 Å². The fraction of sp³-hybridized carbons (Fsp3) is 0.438. The van der Waals surface area contributed by atoms with Crippen LogP contribution in [0.1, 0.15) is 9.67 Å². The molecule has 1 saturated heterocycles. The molecule has 5 nitrogen and oxygen atoms in total. The highest BCUT2D eigenvalue weighted by Crippen LogP contribution is 2.38. The zero-order chi connectivity index (χ0) is 15.4. The molecular weight excluding hydrogens is 304 g/mol. The minimum atomic E-state index is -0.371. The Morgan fingerprint density at radius 3 is 2.73 bits per heavy atom. The highest BCUT2D eigenvalue weighted by Gasteiger charge is 2.22. The summed E-state index contributed by atoms with van der Waals surface area (Å²) in [5, 5.41) is 0.934. The molecule has 0 radical (unpaired) electrons. The second-order valence-electron chi connectivity index (χ2n) is 5.07. The van der Waals surface area contributed by atoms with E-state index in [2.05, 4.69) is 0 Å². The van der Waals surface area contributed by atoms with Gasteiger partial charge in [0.2, 0.25) is 0 Å². The molecule has 1 aromatic carbocycles. The van der Waals surface area contributed by atoms with Gasteiger partial charge in [-0.3, -0.25) is 0 Å². The molecule has 2 aromatic rings. The summed E-state index contributed by atoms with van der Waals surface area (Å²) >= 11 is 1.39. The average Bonchev–Trinajstić information content (AvgIpc) is 2.72. The Kier molecular flexibility index (Phi) is 4.92. The maximum Gasteiger partial charge on any atom is 0.351 e. The first-order chi connectivity index (χ1) is 10.8. The van der Waals surface area contributed by atoms with E-state index in [1.165, 1.54) is 18.4 Å². The molecule has 0 unspecified atom stereocenters. The van der Waals surface area contributed by atoms with Gasteiger partial charge in [0.05, 0.1) is 40.1 Å². The quantitative estimate of drug-likeness (QED) is 0.810. The first-order valence-electron chi connectivity index (χ1n) is 7.17. The molecule has 1 fully saturated rings. The molecule has 0 spiro atoms. The molecule has 118 valence electrons. The summed E-state index contributed by atoms with van der Waals surface area (Å²) in [6.07, 6.45) is 0. The number of fused-ring (bicyclic) bond motifs is 1. The van der Waals surface area contributed by atoms with E-state index in [0.29, 0.717) is 43.7 Å². The van der Waals surface area contributed by atoms with Crippen LogP contribution in [0.3, 0.4) is 0 Å². The summed E-state index contributed by atoms with van der Waals surface area (Å²) in [6, 6.07) is 7.79. The molecular formula is C16H18O5S. The summed E-state index contributed by atoms with van der Waals surface area (Å²) < 4.78 is 22.8. The fourth-order valence-electron chi connectivity index (χ4n) is 2.36. The molecule has 2 heterocycles. The van der Waals surface area contributed by atoms with Crippen molar-refractivity contribution < 1.29 is 23.7 Å². The monoisotopic (exact) mass is 322 g/mol. The van der Waals surface area contributed by atoms with Crippen LogP contribution in [0.15, 0.2) is 24.3 Å². The summed E-state index contributed by atoms with van der Waals surface area (Å²) in [5.41, 5.74) is 0. The lowest BCUT2D eigenvalue weighted by molar-refractivity contribution is 0.0598. The molecule has 0 N–H and O–H groups in total. The normalized spacial score (nSPS) is 16.4. The van der Waals surface area contributed by atoms with Crippen molar-refractivity contribution in [2.45, 2.75) is 0 Å². The van der Waals surface area contributed by atoms with E-state index in [0.717, 1.165) is 10.1 Å². The van der Waals surface area contributed by atoms with E-state index < -0.39 is 0 Å². The Hall–Kier alpha value is -1.63. The molecule has 3 rings (SSSR count). The number of thiophene rings is 1. The molecule has 22 heavy (non-hydrogen) atoms. The first kappa shape index (κ1) is 15.3. The second kappa shape index (κ2) is 7.09. The summed E-state index contributed by atoms with van der Waals surface area (Å²) in [4.78, 5) is 12.5. The lowest BCUT2D eigenvalue weighted by Gasteiger charge is -2.14. The number of benzene rings is 1. The molecule has 0 atom stereocenters. The molecule has 0 aliphatic carbocycles. The molecule has 6 heteroatoms. The van der Waals surface area contributed by atoms with Crippen LogP contribution >= 0.6 is 11.3 Å². The standard InChI is InChI=1S/C16H18O5S/c1-18-16(17)15-14(12-4-2-3-5-13(12)22-15)21-10-11-8-19-6-7-20-9-11/h2-5,11H,6-10H2,1H3. The lowest BCUT2D eigenvalue weighted by atomic mass is 10.2. The third kappa shape index (κ3) is 3.24. The van der Waals surface area contributed by atoms with E-state index in [1.54, 1.807) is 0 Å². The van der Waals surface area contributed by atoms with E-state index in [-0.39, 0.29) is 11.9 Å². The van der Waals surface area contributed by atoms with Crippen LogP contribution in [-0.2, 0) is 14.2 Å². The van der Waals surface area contributed by atoms with Gasteiger partial charge in [0, 0.05) is 16.0 Å². The van der Waals surface area contributed by atoms with Gasteiger partial charge in [0.15, 0.2) is 10.6 Å². The molecule has 1 aromatic heterocycles. The Bertz CT molecular complexity index is 643. The van der Waals surface area contributed by atoms with Crippen LogP contribution in [0.4, 0.5) is 0 Å². The number of ether oxygens (including phenoxy) is 4. The fourth-order valence-corrected chi connectivity index (χ4v) is 3.42. The number of methoxy groups -OCH3 is 1. The van der Waals surface area contributed by atoms with Crippen LogP contribution in [0.5, 0.6) is 5.75 Å². The van der Waals surface area contributed by atoms with Gasteiger partial charge in [-0.15, -0.1) is 11.3 Å². The summed E-state index contributed by atoms with van der Waals surface area (Å²) in [7, 11) is 1.38. The van der Waals surface area contributed by atoms with Gasteiger partial charge >= 0.3 is 5.97 Å². The van der Waals surface area contributed by atoms with Crippen molar-refractivity contribution in [1.82, 2.24) is 0 Å². The number of hydrogen-bond donors (Lipinski definition) is 0. The van der Waals surface area contributed by atoms with Crippen molar-refractivity contribution in [3.05, 3.63) is 29.1 Å². The molecule has 1 aliphatic heterocycles. The van der Waals surface area contributed by atoms with Gasteiger partial charge in [0.25, 0.3) is 0 Å². The molecule has 0 bridgehead atoms. The van der Waals surface area contributed by atoms with Gasteiger partial charge in [-0.25, -0.2) is 4.79 Å². The number of rotatable bonds is 4. The average molecular weight is 322 g/mol. The lowest BCUT2D eigenvalue weighted by Crippen LogP contribution is -2.21. The van der Waals surface area contributed by atoms with E-state index in [9.17, 15) is 4.79 Å². The van der Waals surface area contributed by atoms with Crippen LogP contribution in [0.25, 0.3) is 10.1 Å². The van der Waals surface area contributed by atoms with Crippen LogP contribution in [-0.4, -0.2) is 46.1 Å². The van der Waals surface area contributed by atoms with Crippen molar-refractivity contribution in [1.29, 1.82) is 0 Å². The Morgan fingerprint density at radius 2 is 2.00 bits per heavy atom. The first-order valence-corrected chi connectivity index (χ1v) is 7.99. The van der Waals surface area contributed by atoms with Crippen molar-refractivity contribution in [2.75, 3.05) is 40.1 Å². The molecule has 0 saturated carbocycles. The van der Waals surface area contributed by atoms with Crippen molar-refractivity contribution in [2.24, 2.45) is 5.92 Å². The molecule has 1 aliphatic rings. The number of carbonyl (C=O) groups excluding carboxylic acids is 1. The van der Waals surface area contributed by atoms with Gasteiger partial charge < -0.3 is 18.9 Å². The Labute approximate surface area is 132 Å². The third-order valence-corrected chi connectivity index (χ3v) is 4.60. The SMILES string of the molecule is COC(=O)c1sc2ccccc2c1OCC1COCCOC1. The van der Waals surface area contributed by atoms with Gasteiger partial charge in [0.1, 0.15) is 0 Å². The van der Waals surface area contributed by atoms with Gasteiger partial charge in [-0.1, -0.05) is 12.1 Å². The van der Waals surface area contributed by atoms with E-state index >= 15 is 0 Å². The largest absolute Gasteiger partial charge is 0.491 e. The minimum absolute atomic E-state index is 0.159. The highest BCUT2D eigenvalue weighted by atomic mass is 32.1. The van der Waals surface area contributed by atoms with Crippen molar-refractivity contribution in [3.8, 4) is 5.75 Å². The third-order valence-electron chi connectivity index (χ3n) is 3.46. The van der Waals surface area contributed by atoms with Crippen molar-refractivity contribution in [3.63, 3.8) is 0 Å². The minimum Gasteiger partial charge on any atom is -0.491 e. The van der Waals surface area contributed by atoms with Crippen LogP contribution in [0.2, 0.25) is 0 Å². The summed E-state index contributed by atoms with van der Waals surface area (Å²) in [5.74, 6) is 0.382. The smallest absolute Gasteiger partial charge is 0.351 e. The van der Waals surface area contributed by atoms with Crippen molar-refractivity contribution >= 4 is 27.4 Å². The van der Waals surface area contributed by atoms with E-state index in [1.807, 2.05) is 24.3 Å². The van der Waals surface area contributed by atoms with Gasteiger partial charge in [-0.05, 0) is 12.1 Å². The highest BCUT2D eigenvalue weighted by molar-refractivity contribution is 7.21. The zero-order valence-electron chi connectivity index (χ0n) is 12.4. The van der Waals surface area contributed by atoms with E-state index in [4.69, 9.17) is 18.9 Å². The zero-order valence-corrected chi connectivity index (χ0v) is 13.2. The Morgan fingerprint density at radius 1 is 1.27 bits per heavy atom. The Balaban J connectivity index is 1.83. The van der Waals surface area contributed by atoms with Gasteiger partial charge in [-0.2, -0.15) is 0 Å². The maximum atomic E-state index is 12.0. The number of hydrogen-bond acceptors (Lipinski definition) is 6. The number of carbonyl (C=O) groups is 1. The predicted octanol–water partition coefficient (Wildman–Crippen LogP) is 2.73. The molecule has 0 amide bonds. The van der Waals surface area contributed by atoms with Crippen LogP contribution in [0, 0.1) is 5.92 Å². The van der Waals surface area contributed by atoms with Crippen LogP contribution < -0.4 is 4.74 Å². The maximum absolute atomic E-state index is 12.0. The number of esters is 1. The second-order valence-corrected chi connectivity index (χ2v) is 6.13. The predicted molar refractivity (Wildman–Crippen MR) is 83.8 cm³/mol. The summed E-state index contributed by atoms with van der Waals surface area (Å²) in [6.45, 7) is 2.90.